The summed E-state index contributed by atoms with van der Waals surface area (Å²) in [5.41, 5.74) is 1.73. The summed E-state index contributed by atoms with van der Waals surface area (Å²) in [7, 11) is 0. The fourth-order valence-corrected chi connectivity index (χ4v) is 3.57. The number of hydrogen-bond acceptors (Lipinski definition) is 4. The molecule has 0 N–H and O–H groups in total. The Morgan fingerprint density at radius 2 is 1.59 bits per heavy atom. The third kappa shape index (κ3) is 2.14. The summed E-state index contributed by atoms with van der Waals surface area (Å²) in [4.78, 5) is 16.7. The molecule has 0 atom stereocenters. The van der Waals surface area contributed by atoms with Crippen molar-refractivity contribution in [1.29, 1.82) is 0 Å². The van der Waals surface area contributed by atoms with Crippen LogP contribution in [0.15, 0.2) is 70.3 Å². The molecule has 0 fully saturated rings. The largest absolute Gasteiger partial charge is 0.494 e. The molecule has 2 aromatic rings. The molecule has 2 heterocycles. The van der Waals surface area contributed by atoms with Gasteiger partial charge in [-0.3, -0.25) is 9.69 Å². The summed E-state index contributed by atoms with van der Waals surface area (Å²) in [5, 5.41) is 0. The van der Waals surface area contributed by atoms with Crippen molar-refractivity contribution in [3.63, 3.8) is 0 Å². The van der Waals surface area contributed by atoms with Crippen LogP contribution in [0.2, 0.25) is 0 Å². The summed E-state index contributed by atoms with van der Waals surface area (Å²) < 4.78 is 10.7. The second-order valence-electron chi connectivity index (χ2n) is 4.88. The van der Waals surface area contributed by atoms with E-state index < -0.39 is 0 Å². The molecule has 4 rings (SSSR count). The lowest BCUT2D eigenvalue weighted by molar-refractivity contribution is -0.119. The fourth-order valence-electron chi connectivity index (χ4n) is 2.51. The molecule has 0 saturated carbocycles. The molecule has 5 heteroatoms. The monoisotopic (exact) mass is 311 g/mol. The molecule has 110 valence electrons. The Kier molecular flexibility index (Phi) is 3.27. The van der Waals surface area contributed by atoms with Gasteiger partial charge in [-0.2, -0.15) is 0 Å². The van der Waals surface area contributed by atoms with Gasteiger partial charge in [0.2, 0.25) is 5.76 Å². The molecule has 0 bridgehead atoms. The van der Waals surface area contributed by atoms with E-state index in [-0.39, 0.29) is 11.7 Å². The SMILES string of the molecule is O=C(C1=COCCO1)N1c2ccccc2Sc2ccccc21. The van der Waals surface area contributed by atoms with Crippen molar-refractivity contribution >= 4 is 29.0 Å². The number of hydrogen-bond donors (Lipinski definition) is 0. The molecular weight excluding hydrogens is 298 g/mol. The number of fused-ring (bicyclic) bond motifs is 2. The summed E-state index contributed by atoms with van der Waals surface area (Å²) in [6.45, 7) is 0.864. The molecule has 2 aromatic carbocycles. The normalized spacial score (nSPS) is 15.8. The molecule has 0 unspecified atom stereocenters. The first-order valence-corrected chi connectivity index (χ1v) is 7.81. The third-order valence-corrected chi connectivity index (χ3v) is 4.63. The number of para-hydroxylation sites is 2. The number of nitrogens with zero attached hydrogens (tertiary/aromatic N) is 1. The minimum atomic E-state index is -0.208. The molecule has 2 aliphatic rings. The zero-order valence-electron chi connectivity index (χ0n) is 11.7. The number of amides is 1. The standard InChI is InChI=1S/C17H13NO3S/c19-17(14-11-20-9-10-21-14)18-12-5-1-3-7-15(12)22-16-8-4-2-6-13(16)18/h1-8,11H,9-10H2. The van der Waals surface area contributed by atoms with Gasteiger partial charge in [0, 0.05) is 9.79 Å². The highest BCUT2D eigenvalue weighted by atomic mass is 32.2. The van der Waals surface area contributed by atoms with Gasteiger partial charge in [0.15, 0.2) is 0 Å². The quantitative estimate of drug-likeness (QED) is 0.805. The smallest absolute Gasteiger partial charge is 0.301 e. The average Bonchev–Trinajstić information content (AvgIpc) is 2.60. The van der Waals surface area contributed by atoms with E-state index >= 15 is 0 Å². The van der Waals surface area contributed by atoms with Gasteiger partial charge in [0.1, 0.15) is 19.5 Å². The van der Waals surface area contributed by atoms with Gasteiger partial charge in [0.05, 0.1) is 11.4 Å². The first-order valence-electron chi connectivity index (χ1n) is 6.99. The van der Waals surface area contributed by atoms with E-state index in [4.69, 9.17) is 9.47 Å². The summed E-state index contributed by atoms with van der Waals surface area (Å²) in [6, 6.07) is 15.7. The highest BCUT2D eigenvalue weighted by Gasteiger charge is 2.31. The third-order valence-electron chi connectivity index (χ3n) is 3.50. The minimum Gasteiger partial charge on any atom is -0.494 e. The van der Waals surface area contributed by atoms with Crippen molar-refractivity contribution < 1.29 is 14.3 Å². The van der Waals surface area contributed by atoms with Crippen LogP contribution in [0.1, 0.15) is 0 Å². The molecule has 0 aliphatic carbocycles. The van der Waals surface area contributed by atoms with Gasteiger partial charge in [0.25, 0.3) is 0 Å². The lowest BCUT2D eigenvalue weighted by atomic mass is 10.2. The van der Waals surface area contributed by atoms with Crippen LogP contribution in [0.3, 0.4) is 0 Å². The molecule has 0 aromatic heterocycles. The number of carbonyl (C=O) groups excluding carboxylic acids is 1. The summed E-state index contributed by atoms with van der Waals surface area (Å²) >= 11 is 1.66. The van der Waals surface area contributed by atoms with Gasteiger partial charge in [-0.1, -0.05) is 36.0 Å². The molecule has 2 aliphatic heterocycles. The Bertz CT molecular complexity index is 727. The van der Waals surface area contributed by atoms with E-state index in [0.29, 0.717) is 13.2 Å². The maximum Gasteiger partial charge on any atom is 0.301 e. The van der Waals surface area contributed by atoms with Crippen molar-refractivity contribution in [3.05, 3.63) is 60.6 Å². The molecule has 22 heavy (non-hydrogen) atoms. The van der Waals surface area contributed by atoms with Crippen molar-refractivity contribution in [1.82, 2.24) is 0 Å². The predicted molar refractivity (Wildman–Crippen MR) is 84.1 cm³/mol. The predicted octanol–water partition coefficient (Wildman–Crippen LogP) is 3.70. The number of anilines is 2. The van der Waals surface area contributed by atoms with E-state index in [1.807, 2.05) is 48.5 Å². The van der Waals surface area contributed by atoms with E-state index in [1.165, 1.54) is 6.26 Å². The van der Waals surface area contributed by atoms with Crippen LogP contribution in [-0.4, -0.2) is 19.1 Å². The maximum absolute atomic E-state index is 12.9. The number of rotatable bonds is 1. The fraction of sp³-hybridized carbons (Fsp3) is 0.118. The van der Waals surface area contributed by atoms with Crippen molar-refractivity contribution in [2.45, 2.75) is 9.79 Å². The van der Waals surface area contributed by atoms with Crippen LogP contribution >= 0.6 is 11.8 Å². The second kappa shape index (κ2) is 5.42. The Labute approximate surface area is 132 Å². The van der Waals surface area contributed by atoms with Gasteiger partial charge < -0.3 is 9.47 Å². The molecule has 0 spiro atoms. The Morgan fingerprint density at radius 1 is 0.955 bits per heavy atom. The Hall–Kier alpha value is -2.40. The van der Waals surface area contributed by atoms with Gasteiger partial charge >= 0.3 is 5.91 Å². The number of benzene rings is 2. The highest BCUT2D eigenvalue weighted by Crippen LogP contribution is 2.48. The van der Waals surface area contributed by atoms with E-state index in [1.54, 1.807) is 16.7 Å². The topological polar surface area (TPSA) is 38.8 Å². The van der Waals surface area contributed by atoms with Crippen LogP contribution in [-0.2, 0) is 14.3 Å². The maximum atomic E-state index is 12.9. The zero-order chi connectivity index (χ0) is 14.9. The first kappa shape index (κ1) is 13.3. The molecule has 4 nitrogen and oxygen atoms in total. The Balaban J connectivity index is 1.84. The van der Waals surface area contributed by atoms with Crippen LogP contribution in [0.5, 0.6) is 0 Å². The van der Waals surface area contributed by atoms with Crippen LogP contribution in [0.25, 0.3) is 0 Å². The van der Waals surface area contributed by atoms with E-state index in [0.717, 1.165) is 21.2 Å². The van der Waals surface area contributed by atoms with Crippen molar-refractivity contribution in [2.24, 2.45) is 0 Å². The number of carbonyl (C=O) groups is 1. The van der Waals surface area contributed by atoms with Gasteiger partial charge in [-0.05, 0) is 24.3 Å². The molecular formula is C17H13NO3S. The van der Waals surface area contributed by atoms with E-state index in [9.17, 15) is 4.79 Å². The molecule has 0 radical (unpaired) electrons. The Morgan fingerprint density at radius 3 is 2.18 bits per heavy atom. The van der Waals surface area contributed by atoms with Crippen LogP contribution in [0, 0.1) is 0 Å². The zero-order valence-corrected chi connectivity index (χ0v) is 12.5. The first-order chi connectivity index (χ1) is 10.8. The molecule has 1 amide bonds. The second-order valence-corrected chi connectivity index (χ2v) is 5.96. The molecule has 0 saturated heterocycles. The highest BCUT2D eigenvalue weighted by molar-refractivity contribution is 7.99. The minimum absolute atomic E-state index is 0.208. The average molecular weight is 311 g/mol. The summed E-state index contributed by atoms with van der Waals surface area (Å²) in [5.74, 6) is 0.0302. The lowest BCUT2D eigenvalue weighted by Gasteiger charge is -2.31. The van der Waals surface area contributed by atoms with Gasteiger partial charge in [-0.25, -0.2) is 0 Å². The van der Waals surface area contributed by atoms with Crippen molar-refractivity contribution in [2.75, 3.05) is 18.1 Å². The van der Waals surface area contributed by atoms with Crippen LogP contribution < -0.4 is 4.90 Å². The van der Waals surface area contributed by atoms with Gasteiger partial charge in [-0.15, -0.1) is 0 Å². The van der Waals surface area contributed by atoms with Crippen LogP contribution in [0.4, 0.5) is 11.4 Å². The number of ether oxygens (including phenoxy) is 2. The van der Waals surface area contributed by atoms with E-state index in [2.05, 4.69) is 0 Å². The summed E-state index contributed by atoms with van der Waals surface area (Å²) in [6.07, 6.45) is 1.40. The lowest BCUT2D eigenvalue weighted by Crippen LogP contribution is -2.32. The van der Waals surface area contributed by atoms with Crippen molar-refractivity contribution in [3.8, 4) is 0 Å².